The van der Waals surface area contributed by atoms with Crippen LogP contribution in [-0.2, 0) is 14.3 Å². The average Bonchev–Trinajstić information content (AvgIpc) is 2.09. The van der Waals surface area contributed by atoms with Gasteiger partial charge < -0.3 is 9.84 Å². The molecule has 4 nitrogen and oxygen atoms in total. The predicted octanol–water partition coefficient (Wildman–Crippen LogP) is 2.24. The quantitative estimate of drug-likeness (QED) is 0.579. The Bertz CT molecular complexity index is 275. The summed E-state index contributed by atoms with van der Waals surface area (Å²) in [5.41, 5.74) is -0.586. The van der Waals surface area contributed by atoms with E-state index in [1.54, 1.807) is 27.7 Å². The number of hydrogen-bond donors (Lipinski definition) is 1. The van der Waals surface area contributed by atoms with Crippen LogP contribution < -0.4 is 0 Å². The molecular weight excluding hydrogens is 208 g/mol. The maximum absolute atomic E-state index is 11.5. The predicted molar refractivity (Wildman–Crippen MR) is 60.9 cm³/mol. The summed E-state index contributed by atoms with van der Waals surface area (Å²) in [7, 11) is 0. The molecule has 0 aliphatic rings. The third-order valence-electron chi connectivity index (χ3n) is 2.13. The maximum Gasteiger partial charge on any atom is 0.307 e. The van der Waals surface area contributed by atoms with Crippen molar-refractivity contribution in [3.05, 3.63) is 12.7 Å². The highest BCUT2D eigenvalue weighted by molar-refractivity contribution is 5.79. The van der Waals surface area contributed by atoms with E-state index in [1.165, 1.54) is 6.08 Å². The SMILES string of the molecule is C=C[C@H](C)[C@H](CC(=O)OC(C)(C)C)C(=O)O. The van der Waals surface area contributed by atoms with Gasteiger partial charge in [-0.3, -0.25) is 9.59 Å². The normalized spacial score (nSPS) is 15.0. The molecule has 0 bridgehead atoms. The number of ether oxygens (including phenoxy) is 1. The molecule has 1 N–H and O–H groups in total. The third-order valence-corrected chi connectivity index (χ3v) is 2.13. The molecule has 0 aliphatic carbocycles. The molecule has 16 heavy (non-hydrogen) atoms. The maximum atomic E-state index is 11.5. The van der Waals surface area contributed by atoms with Crippen molar-refractivity contribution in [1.82, 2.24) is 0 Å². The van der Waals surface area contributed by atoms with Crippen molar-refractivity contribution in [3.8, 4) is 0 Å². The van der Waals surface area contributed by atoms with Crippen LogP contribution in [0, 0.1) is 11.8 Å². The molecule has 0 rings (SSSR count). The zero-order valence-corrected chi connectivity index (χ0v) is 10.3. The van der Waals surface area contributed by atoms with Crippen molar-refractivity contribution in [3.63, 3.8) is 0 Å². The first kappa shape index (κ1) is 14.7. The fourth-order valence-corrected chi connectivity index (χ4v) is 1.23. The fourth-order valence-electron chi connectivity index (χ4n) is 1.23. The first-order chi connectivity index (χ1) is 7.17. The first-order valence-corrected chi connectivity index (χ1v) is 5.24. The van der Waals surface area contributed by atoms with E-state index in [4.69, 9.17) is 9.84 Å². The molecule has 0 saturated carbocycles. The smallest absolute Gasteiger partial charge is 0.307 e. The van der Waals surface area contributed by atoms with Crippen molar-refractivity contribution in [2.45, 2.75) is 39.7 Å². The van der Waals surface area contributed by atoms with Crippen LogP contribution in [0.3, 0.4) is 0 Å². The Balaban J connectivity index is 4.47. The molecule has 0 saturated heterocycles. The first-order valence-electron chi connectivity index (χ1n) is 5.24. The number of esters is 1. The largest absolute Gasteiger partial charge is 0.481 e. The number of carboxylic acids is 1. The van der Waals surface area contributed by atoms with Gasteiger partial charge in [-0.15, -0.1) is 6.58 Å². The van der Waals surface area contributed by atoms with Gasteiger partial charge in [0.25, 0.3) is 0 Å². The van der Waals surface area contributed by atoms with E-state index in [9.17, 15) is 9.59 Å². The summed E-state index contributed by atoms with van der Waals surface area (Å²) in [4.78, 5) is 22.4. The molecule has 0 amide bonds. The second kappa shape index (κ2) is 5.68. The van der Waals surface area contributed by atoms with Gasteiger partial charge in [0.1, 0.15) is 5.60 Å². The lowest BCUT2D eigenvalue weighted by atomic mass is 9.91. The van der Waals surface area contributed by atoms with Gasteiger partial charge >= 0.3 is 11.9 Å². The molecule has 0 aromatic rings. The minimum Gasteiger partial charge on any atom is -0.481 e. The van der Waals surface area contributed by atoms with Crippen molar-refractivity contribution < 1.29 is 19.4 Å². The molecule has 2 atom stereocenters. The third kappa shape index (κ3) is 5.53. The van der Waals surface area contributed by atoms with Gasteiger partial charge in [0, 0.05) is 0 Å². The standard InChI is InChI=1S/C12H20O4/c1-6-8(2)9(11(14)15)7-10(13)16-12(3,4)5/h6,8-9H,1,7H2,2-5H3,(H,14,15)/t8-,9-/m0/s1. The summed E-state index contributed by atoms with van der Waals surface area (Å²) in [5.74, 6) is -2.52. The molecule has 0 unspecified atom stereocenters. The van der Waals surface area contributed by atoms with Gasteiger partial charge in [-0.1, -0.05) is 13.0 Å². The molecule has 4 heteroatoms. The van der Waals surface area contributed by atoms with E-state index in [1.807, 2.05) is 0 Å². The zero-order valence-electron chi connectivity index (χ0n) is 10.3. The van der Waals surface area contributed by atoms with Gasteiger partial charge in [-0.25, -0.2) is 0 Å². The average molecular weight is 228 g/mol. The van der Waals surface area contributed by atoms with Crippen LogP contribution in [0.15, 0.2) is 12.7 Å². The number of hydrogen-bond acceptors (Lipinski definition) is 3. The monoisotopic (exact) mass is 228 g/mol. The Labute approximate surface area is 96.3 Å². The summed E-state index contributed by atoms with van der Waals surface area (Å²) >= 11 is 0. The van der Waals surface area contributed by atoms with Crippen LogP contribution in [0.5, 0.6) is 0 Å². The number of rotatable bonds is 5. The second-order valence-corrected chi connectivity index (χ2v) is 4.83. The lowest BCUT2D eigenvalue weighted by Gasteiger charge is -2.22. The Morgan fingerprint density at radius 1 is 1.44 bits per heavy atom. The fraction of sp³-hybridized carbons (Fsp3) is 0.667. The number of carbonyl (C=O) groups is 2. The van der Waals surface area contributed by atoms with Crippen LogP contribution in [-0.4, -0.2) is 22.6 Å². The van der Waals surface area contributed by atoms with E-state index in [0.717, 1.165) is 0 Å². The molecule has 0 heterocycles. The highest BCUT2D eigenvalue weighted by Crippen LogP contribution is 2.19. The van der Waals surface area contributed by atoms with E-state index < -0.39 is 23.5 Å². The van der Waals surface area contributed by atoms with Crippen molar-refractivity contribution in [1.29, 1.82) is 0 Å². The van der Waals surface area contributed by atoms with Crippen molar-refractivity contribution >= 4 is 11.9 Å². The van der Waals surface area contributed by atoms with Gasteiger partial charge in [0.05, 0.1) is 12.3 Å². The minimum atomic E-state index is -1.00. The lowest BCUT2D eigenvalue weighted by Crippen LogP contribution is -2.29. The van der Waals surface area contributed by atoms with Crippen LogP contribution in [0.2, 0.25) is 0 Å². The van der Waals surface area contributed by atoms with Crippen molar-refractivity contribution in [2.75, 3.05) is 0 Å². The zero-order chi connectivity index (χ0) is 12.9. The number of aliphatic carboxylic acids is 1. The summed E-state index contributed by atoms with van der Waals surface area (Å²) in [6.07, 6.45) is 1.41. The number of carbonyl (C=O) groups excluding carboxylic acids is 1. The van der Waals surface area contributed by atoms with E-state index in [-0.39, 0.29) is 12.3 Å². The van der Waals surface area contributed by atoms with Gasteiger partial charge in [0.15, 0.2) is 0 Å². The Kier molecular flexibility index (Phi) is 5.21. The Hall–Kier alpha value is -1.32. The van der Waals surface area contributed by atoms with E-state index in [2.05, 4.69) is 6.58 Å². The van der Waals surface area contributed by atoms with Crippen molar-refractivity contribution in [2.24, 2.45) is 11.8 Å². The topological polar surface area (TPSA) is 63.6 Å². The van der Waals surface area contributed by atoms with Crippen LogP contribution in [0.25, 0.3) is 0 Å². The number of carboxylic acid groups (broad SMARTS) is 1. The van der Waals surface area contributed by atoms with Gasteiger partial charge in [-0.05, 0) is 26.7 Å². The summed E-state index contributed by atoms with van der Waals surface area (Å²) in [6, 6.07) is 0. The van der Waals surface area contributed by atoms with E-state index in [0.29, 0.717) is 0 Å². The van der Waals surface area contributed by atoms with Crippen LogP contribution in [0.4, 0.5) is 0 Å². The lowest BCUT2D eigenvalue weighted by molar-refractivity contribution is -0.160. The molecule has 0 fully saturated rings. The number of allylic oxidation sites excluding steroid dienone is 1. The molecule has 0 aromatic carbocycles. The molecule has 92 valence electrons. The highest BCUT2D eigenvalue weighted by Gasteiger charge is 2.28. The Morgan fingerprint density at radius 3 is 2.25 bits per heavy atom. The highest BCUT2D eigenvalue weighted by atomic mass is 16.6. The second-order valence-electron chi connectivity index (χ2n) is 4.83. The molecular formula is C12H20O4. The summed E-state index contributed by atoms with van der Waals surface area (Å²) in [5, 5.41) is 8.97. The summed E-state index contributed by atoms with van der Waals surface area (Å²) in [6.45, 7) is 10.5. The molecule has 0 aromatic heterocycles. The van der Waals surface area contributed by atoms with Gasteiger partial charge in [-0.2, -0.15) is 0 Å². The Morgan fingerprint density at radius 2 is 1.94 bits per heavy atom. The van der Waals surface area contributed by atoms with Crippen LogP contribution in [0.1, 0.15) is 34.1 Å². The van der Waals surface area contributed by atoms with Gasteiger partial charge in [0.2, 0.25) is 0 Å². The molecule has 0 spiro atoms. The molecule has 0 radical (unpaired) electrons. The van der Waals surface area contributed by atoms with Crippen LogP contribution >= 0.6 is 0 Å². The summed E-state index contributed by atoms with van der Waals surface area (Å²) < 4.78 is 5.08. The molecule has 0 aliphatic heterocycles. The minimum absolute atomic E-state index is 0.125. The van der Waals surface area contributed by atoms with E-state index >= 15 is 0 Å².